The Bertz CT molecular complexity index is 915. The van der Waals surface area contributed by atoms with Crippen molar-refractivity contribution in [2.45, 2.75) is 36.4 Å². The van der Waals surface area contributed by atoms with E-state index in [0.717, 1.165) is 34.4 Å². The van der Waals surface area contributed by atoms with Crippen molar-refractivity contribution in [2.75, 3.05) is 0 Å². The van der Waals surface area contributed by atoms with Gasteiger partial charge in [0.1, 0.15) is 17.4 Å². The maximum atomic E-state index is 11.8. The quantitative estimate of drug-likeness (QED) is 0.615. The first-order valence-electron chi connectivity index (χ1n) is 7.80. The van der Waals surface area contributed by atoms with E-state index in [-0.39, 0.29) is 5.69 Å². The fraction of sp³-hybridized carbons (Fsp3) is 0.312. The Morgan fingerprint density at radius 1 is 1.36 bits per heavy atom. The van der Waals surface area contributed by atoms with E-state index in [9.17, 15) is 4.79 Å². The smallest absolute Gasteiger partial charge is 0.344 e. The number of rotatable bonds is 7. The third kappa shape index (κ3) is 4.08. The molecule has 1 N–H and O–H groups in total. The minimum absolute atomic E-state index is 0.125. The highest BCUT2D eigenvalue weighted by Gasteiger charge is 2.28. The normalized spacial score (nSPS) is 14.0. The summed E-state index contributed by atoms with van der Waals surface area (Å²) >= 11 is 8.95. The molecule has 6 nitrogen and oxygen atoms in total. The summed E-state index contributed by atoms with van der Waals surface area (Å²) < 4.78 is 7.46. The van der Waals surface area contributed by atoms with E-state index in [0.29, 0.717) is 23.4 Å². The molecule has 4 rings (SSSR count). The number of halogens is 1. The number of nitrogens with zero attached hydrogens (tertiary/aromatic N) is 3. The van der Waals surface area contributed by atoms with Crippen LogP contribution in [0.5, 0.6) is 5.75 Å². The van der Waals surface area contributed by atoms with Crippen LogP contribution >= 0.6 is 34.7 Å². The number of benzene rings is 1. The highest BCUT2D eigenvalue weighted by Crippen LogP contribution is 2.36. The minimum Gasteiger partial charge on any atom is -0.486 e. The lowest BCUT2D eigenvalue weighted by molar-refractivity contribution is 0.305. The fourth-order valence-corrected chi connectivity index (χ4v) is 4.19. The summed E-state index contributed by atoms with van der Waals surface area (Å²) in [5.74, 6) is 1.44. The lowest BCUT2D eigenvalue weighted by Gasteiger charge is -2.03. The van der Waals surface area contributed by atoms with Gasteiger partial charge in [0, 0.05) is 22.2 Å². The highest BCUT2D eigenvalue weighted by molar-refractivity contribution is 7.98. The number of H-pyrrole nitrogens is 1. The Morgan fingerprint density at radius 2 is 2.16 bits per heavy atom. The van der Waals surface area contributed by atoms with E-state index >= 15 is 0 Å². The van der Waals surface area contributed by atoms with Gasteiger partial charge >= 0.3 is 5.69 Å². The van der Waals surface area contributed by atoms with Gasteiger partial charge in [-0.2, -0.15) is 0 Å². The minimum atomic E-state index is -0.125. The number of hydrogen-bond donors (Lipinski definition) is 1. The maximum absolute atomic E-state index is 11.8. The zero-order valence-corrected chi connectivity index (χ0v) is 15.5. The molecule has 0 unspecified atom stereocenters. The van der Waals surface area contributed by atoms with Gasteiger partial charge in [-0.05, 0) is 37.1 Å². The molecule has 9 heteroatoms. The molecule has 1 aliphatic rings. The van der Waals surface area contributed by atoms with Crippen molar-refractivity contribution < 1.29 is 4.74 Å². The van der Waals surface area contributed by atoms with Crippen molar-refractivity contribution in [1.82, 2.24) is 19.7 Å². The average Bonchev–Trinajstić information content (AvgIpc) is 3.22. The van der Waals surface area contributed by atoms with Gasteiger partial charge in [-0.25, -0.2) is 14.9 Å². The first-order chi connectivity index (χ1) is 12.2. The zero-order chi connectivity index (χ0) is 17.2. The van der Waals surface area contributed by atoms with Crippen LogP contribution < -0.4 is 10.4 Å². The van der Waals surface area contributed by atoms with Gasteiger partial charge in [-0.3, -0.25) is 4.57 Å². The van der Waals surface area contributed by atoms with Crippen LogP contribution in [-0.2, 0) is 12.4 Å². The standard InChI is InChI=1S/C16H15ClN4O2S2/c17-10-1-5-13(6-2-10)23-7-14-18-11(8-24-14)9-25-16-20-19-15(22)21(16)12-3-4-12/h1-2,5-6,8,12H,3-4,7,9H2,(H,19,22). The molecule has 1 aliphatic carbocycles. The number of ether oxygens (including phenoxy) is 1. The van der Waals surface area contributed by atoms with Crippen LogP contribution in [0, 0.1) is 0 Å². The lowest BCUT2D eigenvalue weighted by Crippen LogP contribution is -2.16. The second kappa shape index (κ2) is 7.23. The molecule has 1 fully saturated rings. The fourth-order valence-electron chi connectivity index (χ4n) is 2.34. The molecular weight excluding hydrogens is 380 g/mol. The first kappa shape index (κ1) is 16.7. The second-order valence-electron chi connectivity index (χ2n) is 5.68. The SMILES string of the molecule is O=c1[nH]nc(SCc2csc(COc3ccc(Cl)cc3)n2)n1C1CC1. The molecule has 0 radical (unpaired) electrons. The van der Waals surface area contributed by atoms with Gasteiger partial charge in [0.2, 0.25) is 0 Å². The summed E-state index contributed by atoms with van der Waals surface area (Å²) in [4.78, 5) is 16.3. The van der Waals surface area contributed by atoms with Gasteiger partial charge < -0.3 is 4.74 Å². The molecule has 1 aromatic carbocycles. The Hall–Kier alpha value is -1.77. The third-order valence-electron chi connectivity index (χ3n) is 3.71. The van der Waals surface area contributed by atoms with Crippen LogP contribution in [0.25, 0.3) is 0 Å². The Kier molecular flexibility index (Phi) is 4.82. The summed E-state index contributed by atoms with van der Waals surface area (Å²) in [6.07, 6.45) is 2.10. The molecule has 0 bridgehead atoms. The molecule has 0 aliphatic heterocycles. The predicted molar refractivity (Wildman–Crippen MR) is 98.6 cm³/mol. The molecule has 2 heterocycles. The summed E-state index contributed by atoms with van der Waals surface area (Å²) in [5, 5.41) is 11.0. The number of thiazole rings is 1. The van der Waals surface area contributed by atoms with Crippen molar-refractivity contribution in [3.05, 3.63) is 55.9 Å². The Balaban J connectivity index is 1.34. The molecule has 25 heavy (non-hydrogen) atoms. The molecule has 2 aromatic heterocycles. The monoisotopic (exact) mass is 394 g/mol. The van der Waals surface area contributed by atoms with Crippen molar-refractivity contribution >= 4 is 34.7 Å². The van der Waals surface area contributed by atoms with Crippen molar-refractivity contribution in [1.29, 1.82) is 0 Å². The second-order valence-corrected chi connectivity index (χ2v) is 8.00. The largest absolute Gasteiger partial charge is 0.486 e. The van der Waals surface area contributed by atoms with Crippen LogP contribution in [-0.4, -0.2) is 19.7 Å². The number of aromatic nitrogens is 4. The predicted octanol–water partition coefficient (Wildman–Crippen LogP) is 3.89. The van der Waals surface area contributed by atoms with Crippen molar-refractivity contribution in [3.8, 4) is 5.75 Å². The first-order valence-corrected chi connectivity index (χ1v) is 10.0. The van der Waals surface area contributed by atoms with E-state index in [1.807, 2.05) is 17.5 Å². The van der Waals surface area contributed by atoms with Gasteiger partial charge in [-0.15, -0.1) is 16.4 Å². The molecule has 0 saturated heterocycles. The number of hydrogen-bond acceptors (Lipinski definition) is 6. The summed E-state index contributed by atoms with van der Waals surface area (Å²) in [6.45, 7) is 0.423. The van der Waals surface area contributed by atoms with E-state index in [4.69, 9.17) is 16.3 Å². The third-order valence-corrected chi connectivity index (χ3v) is 5.82. The number of aromatic amines is 1. The molecule has 1 saturated carbocycles. The molecule has 0 atom stereocenters. The van der Waals surface area contributed by atoms with Gasteiger partial charge in [0.05, 0.1) is 5.69 Å². The highest BCUT2D eigenvalue weighted by atomic mass is 35.5. The average molecular weight is 395 g/mol. The Morgan fingerprint density at radius 3 is 2.92 bits per heavy atom. The van der Waals surface area contributed by atoms with Gasteiger partial charge in [-0.1, -0.05) is 23.4 Å². The Labute approximate surface area is 157 Å². The summed E-state index contributed by atoms with van der Waals surface area (Å²) in [5.41, 5.74) is 0.836. The van der Waals surface area contributed by atoms with Gasteiger partial charge in [0.15, 0.2) is 5.16 Å². The van der Waals surface area contributed by atoms with Gasteiger partial charge in [0.25, 0.3) is 0 Å². The molecule has 3 aromatic rings. The van der Waals surface area contributed by atoms with Crippen molar-refractivity contribution in [3.63, 3.8) is 0 Å². The molecule has 130 valence electrons. The van der Waals surface area contributed by atoms with E-state index in [2.05, 4.69) is 15.2 Å². The summed E-state index contributed by atoms with van der Waals surface area (Å²) in [7, 11) is 0. The van der Waals surface area contributed by atoms with Crippen LogP contribution in [0.3, 0.4) is 0 Å². The molecule has 0 spiro atoms. The van der Waals surface area contributed by atoms with Crippen LogP contribution in [0.4, 0.5) is 0 Å². The summed E-state index contributed by atoms with van der Waals surface area (Å²) in [6, 6.07) is 7.57. The lowest BCUT2D eigenvalue weighted by atomic mass is 10.3. The number of nitrogens with one attached hydrogen (secondary N) is 1. The number of thioether (sulfide) groups is 1. The molecule has 0 amide bonds. The van der Waals surface area contributed by atoms with Crippen LogP contribution in [0.15, 0.2) is 39.6 Å². The van der Waals surface area contributed by atoms with Crippen LogP contribution in [0.2, 0.25) is 5.02 Å². The van der Waals surface area contributed by atoms with E-state index in [1.165, 1.54) is 11.8 Å². The van der Waals surface area contributed by atoms with E-state index in [1.54, 1.807) is 28.0 Å². The zero-order valence-electron chi connectivity index (χ0n) is 13.1. The van der Waals surface area contributed by atoms with Crippen molar-refractivity contribution in [2.24, 2.45) is 0 Å². The molecular formula is C16H15ClN4O2S2. The van der Waals surface area contributed by atoms with E-state index < -0.39 is 0 Å². The van der Waals surface area contributed by atoms with Crippen LogP contribution in [0.1, 0.15) is 29.6 Å². The maximum Gasteiger partial charge on any atom is 0.344 e. The topological polar surface area (TPSA) is 72.8 Å².